The predicted octanol–water partition coefficient (Wildman–Crippen LogP) is 1.08. The van der Waals surface area contributed by atoms with E-state index in [1.807, 2.05) is 0 Å². The van der Waals surface area contributed by atoms with E-state index in [4.69, 9.17) is 26.2 Å². The largest absolute Gasteiger partial charge is 0.426 e. The van der Waals surface area contributed by atoms with Crippen molar-refractivity contribution < 1.29 is 19.4 Å². The van der Waals surface area contributed by atoms with E-state index in [2.05, 4.69) is 0 Å². The number of carbonyl (C=O) groups excluding carboxylic acids is 1. The van der Waals surface area contributed by atoms with Crippen LogP contribution in [0.3, 0.4) is 0 Å². The maximum absolute atomic E-state index is 11.1. The van der Waals surface area contributed by atoms with Crippen LogP contribution in [0.4, 0.5) is 0 Å². The van der Waals surface area contributed by atoms with Crippen molar-refractivity contribution in [1.82, 2.24) is 0 Å². The minimum absolute atomic E-state index is 0.0192. The molecule has 1 rings (SSSR count). The van der Waals surface area contributed by atoms with Gasteiger partial charge in [0.1, 0.15) is 5.03 Å². The van der Waals surface area contributed by atoms with Gasteiger partial charge >= 0.3 is 5.97 Å². The van der Waals surface area contributed by atoms with Crippen molar-refractivity contribution in [2.24, 2.45) is 0 Å². The molecule has 0 saturated carbocycles. The van der Waals surface area contributed by atoms with E-state index < -0.39 is 12.3 Å². The Kier molecular flexibility index (Phi) is 4.74. The molecular formula is C8H11ClO4S. The number of aliphatic hydroxyl groups is 1. The van der Waals surface area contributed by atoms with Crippen LogP contribution in [0.2, 0.25) is 0 Å². The van der Waals surface area contributed by atoms with Crippen molar-refractivity contribution in [3.63, 3.8) is 0 Å². The van der Waals surface area contributed by atoms with E-state index >= 15 is 0 Å². The molecule has 0 spiro atoms. The fourth-order valence-corrected chi connectivity index (χ4v) is 2.03. The molecule has 1 heterocycles. The van der Waals surface area contributed by atoms with Crippen LogP contribution in [0.15, 0.2) is 9.94 Å². The molecule has 0 saturated heterocycles. The van der Waals surface area contributed by atoms with Gasteiger partial charge in [0.05, 0.1) is 11.5 Å². The number of esters is 1. The van der Waals surface area contributed by atoms with Gasteiger partial charge in [0.2, 0.25) is 6.29 Å². The summed E-state index contributed by atoms with van der Waals surface area (Å²) in [5.74, 6) is -0.100. The molecule has 14 heavy (non-hydrogen) atoms. The first-order valence-electron chi connectivity index (χ1n) is 4.16. The highest BCUT2D eigenvalue weighted by atomic mass is 35.5. The highest BCUT2D eigenvalue weighted by Crippen LogP contribution is 2.34. The summed E-state index contributed by atoms with van der Waals surface area (Å²) in [6.45, 7) is 2.26. The predicted molar refractivity (Wildman–Crippen MR) is 53.9 cm³/mol. The van der Waals surface area contributed by atoms with Gasteiger partial charge in [-0.3, -0.25) is 0 Å². The van der Waals surface area contributed by atoms with E-state index in [1.165, 1.54) is 11.8 Å². The average Bonchev–Trinajstić information content (AvgIpc) is 2.42. The zero-order chi connectivity index (χ0) is 10.6. The molecule has 0 aromatic carbocycles. The minimum Gasteiger partial charge on any atom is -0.426 e. The number of aliphatic hydroxyl groups excluding tert-OH is 1. The highest BCUT2D eigenvalue weighted by molar-refractivity contribution is 8.03. The van der Waals surface area contributed by atoms with Crippen LogP contribution in [0.1, 0.15) is 6.92 Å². The number of carbonyl (C=O) groups is 1. The second-order valence-electron chi connectivity index (χ2n) is 2.44. The van der Waals surface area contributed by atoms with E-state index in [0.29, 0.717) is 17.3 Å². The van der Waals surface area contributed by atoms with Gasteiger partial charge in [-0.15, -0.1) is 11.8 Å². The quantitative estimate of drug-likeness (QED) is 0.727. The maximum atomic E-state index is 11.1. The van der Waals surface area contributed by atoms with Gasteiger partial charge in [0.15, 0.2) is 0 Å². The van der Waals surface area contributed by atoms with E-state index in [-0.39, 0.29) is 11.6 Å². The normalized spacial score (nSPS) is 21.6. The Morgan fingerprint density at radius 3 is 3.00 bits per heavy atom. The summed E-state index contributed by atoms with van der Waals surface area (Å²) in [5, 5.41) is 8.70. The van der Waals surface area contributed by atoms with E-state index in [1.54, 1.807) is 6.92 Å². The Morgan fingerprint density at radius 1 is 1.71 bits per heavy atom. The average molecular weight is 239 g/mol. The van der Waals surface area contributed by atoms with Crippen molar-refractivity contribution in [2.75, 3.05) is 19.0 Å². The fraction of sp³-hybridized carbons (Fsp3) is 0.625. The van der Waals surface area contributed by atoms with Crippen molar-refractivity contribution >= 4 is 29.3 Å². The summed E-state index contributed by atoms with van der Waals surface area (Å²) in [5.41, 5.74) is 0. The Labute approximate surface area is 91.2 Å². The molecule has 0 aliphatic carbocycles. The lowest BCUT2D eigenvalue weighted by Crippen LogP contribution is -2.15. The third-order valence-corrected chi connectivity index (χ3v) is 3.05. The smallest absolute Gasteiger partial charge is 0.353 e. The van der Waals surface area contributed by atoms with Crippen LogP contribution >= 0.6 is 23.4 Å². The first-order valence-corrected chi connectivity index (χ1v) is 5.53. The minimum atomic E-state index is -0.698. The van der Waals surface area contributed by atoms with Gasteiger partial charge in [-0.25, -0.2) is 4.79 Å². The summed E-state index contributed by atoms with van der Waals surface area (Å²) in [4.78, 5) is 11.6. The van der Waals surface area contributed by atoms with Gasteiger partial charge in [0, 0.05) is 12.4 Å². The molecule has 0 bridgehead atoms. The van der Waals surface area contributed by atoms with Gasteiger partial charge in [-0.1, -0.05) is 11.6 Å². The van der Waals surface area contributed by atoms with Crippen molar-refractivity contribution in [3.05, 3.63) is 9.94 Å². The number of hydrogen-bond donors (Lipinski definition) is 1. The number of cyclic esters (lactones) is 1. The van der Waals surface area contributed by atoms with Gasteiger partial charge in [-0.05, 0) is 6.92 Å². The topological polar surface area (TPSA) is 55.8 Å². The molecule has 0 aromatic rings. The first-order chi connectivity index (χ1) is 6.70. The standard InChI is InChI=1S/C8H11ClO4S/c1-2-12-8-6(14-4-3-10)5(9)7(11)13-8/h8,10H,2-4H2,1H3. The lowest BCUT2D eigenvalue weighted by molar-refractivity contribution is -0.157. The first kappa shape index (κ1) is 11.8. The zero-order valence-corrected chi connectivity index (χ0v) is 9.23. The Hall–Kier alpha value is -0.230. The molecular weight excluding hydrogens is 228 g/mol. The third kappa shape index (κ3) is 2.63. The summed E-state index contributed by atoms with van der Waals surface area (Å²) >= 11 is 6.99. The van der Waals surface area contributed by atoms with Crippen molar-refractivity contribution in [1.29, 1.82) is 0 Å². The monoisotopic (exact) mass is 238 g/mol. The molecule has 1 aliphatic heterocycles. The molecule has 1 N–H and O–H groups in total. The van der Waals surface area contributed by atoms with Gasteiger partial charge in [-0.2, -0.15) is 0 Å². The number of rotatable bonds is 5. The van der Waals surface area contributed by atoms with Crippen LogP contribution < -0.4 is 0 Å². The number of hydrogen-bond acceptors (Lipinski definition) is 5. The number of ether oxygens (including phenoxy) is 2. The van der Waals surface area contributed by atoms with Crippen LogP contribution in [0, 0.1) is 0 Å². The molecule has 1 atom stereocenters. The van der Waals surface area contributed by atoms with Crippen molar-refractivity contribution in [3.8, 4) is 0 Å². The SMILES string of the molecule is CCOC1OC(=O)C(Cl)=C1SCCO. The Balaban J connectivity index is 2.66. The molecule has 1 aliphatic rings. The highest BCUT2D eigenvalue weighted by Gasteiger charge is 2.33. The summed E-state index contributed by atoms with van der Waals surface area (Å²) in [6.07, 6.45) is -0.698. The number of halogens is 1. The van der Waals surface area contributed by atoms with E-state index in [0.717, 1.165) is 0 Å². The summed E-state index contributed by atoms with van der Waals surface area (Å²) in [7, 11) is 0. The molecule has 0 fully saturated rings. The van der Waals surface area contributed by atoms with Crippen LogP contribution in [0.5, 0.6) is 0 Å². The van der Waals surface area contributed by atoms with Crippen LogP contribution in [0.25, 0.3) is 0 Å². The fourth-order valence-electron chi connectivity index (χ4n) is 0.955. The van der Waals surface area contributed by atoms with E-state index in [9.17, 15) is 4.79 Å². The van der Waals surface area contributed by atoms with Gasteiger partial charge in [0.25, 0.3) is 0 Å². The summed E-state index contributed by atoms with van der Waals surface area (Å²) in [6, 6.07) is 0. The lowest BCUT2D eigenvalue weighted by Gasteiger charge is -2.12. The Morgan fingerprint density at radius 2 is 2.43 bits per heavy atom. The molecule has 4 nitrogen and oxygen atoms in total. The summed E-state index contributed by atoms with van der Waals surface area (Å²) < 4.78 is 10.0. The lowest BCUT2D eigenvalue weighted by atomic mass is 10.5. The second-order valence-corrected chi connectivity index (χ2v) is 3.96. The molecule has 0 amide bonds. The molecule has 6 heteroatoms. The zero-order valence-electron chi connectivity index (χ0n) is 7.66. The van der Waals surface area contributed by atoms with Crippen LogP contribution in [-0.2, 0) is 14.3 Å². The van der Waals surface area contributed by atoms with Crippen molar-refractivity contribution in [2.45, 2.75) is 13.2 Å². The van der Waals surface area contributed by atoms with Gasteiger partial charge < -0.3 is 14.6 Å². The molecule has 0 radical (unpaired) electrons. The molecule has 1 unspecified atom stereocenters. The number of thioether (sulfide) groups is 1. The third-order valence-electron chi connectivity index (χ3n) is 1.49. The molecule has 80 valence electrons. The molecule has 0 aromatic heterocycles. The van der Waals surface area contributed by atoms with Crippen LogP contribution in [-0.4, -0.2) is 36.3 Å². The maximum Gasteiger partial charge on any atom is 0.353 e. The second kappa shape index (κ2) is 5.60. The Bertz CT molecular complexity index is 254.